The third-order valence-electron chi connectivity index (χ3n) is 2.67. The minimum atomic E-state index is -2.85. The summed E-state index contributed by atoms with van der Waals surface area (Å²) < 4.78 is 28.7. The number of alkyl halides is 2. The highest BCUT2D eigenvalue weighted by molar-refractivity contribution is 5.78. The van der Waals surface area contributed by atoms with Crippen molar-refractivity contribution in [2.75, 3.05) is 6.54 Å². The van der Waals surface area contributed by atoms with Crippen molar-refractivity contribution in [1.29, 1.82) is 0 Å². The van der Waals surface area contributed by atoms with Crippen molar-refractivity contribution < 1.29 is 18.3 Å². The van der Waals surface area contributed by atoms with Crippen LogP contribution >= 0.6 is 0 Å². The fraction of sp³-hybridized carbons (Fsp3) is 0.533. The number of hydrogen-bond acceptors (Lipinski definition) is 3. The molecular weight excluding hydrogens is 278 g/mol. The molecule has 0 fully saturated rings. The van der Waals surface area contributed by atoms with Crippen LogP contribution in [0.3, 0.4) is 0 Å². The van der Waals surface area contributed by atoms with E-state index < -0.39 is 6.61 Å². The molecule has 0 spiro atoms. The lowest BCUT2D eigenvalue weighted by Crippen LogP contribution is -2.45. The Bertz CT molecular complexity index is 473. The van der Waals surface area contributed by atoms with E-state index in [1.807, 2.05) is 27.7 Å². The first-order valence-corrected chi connectivity index (χ1v) is 6.76. The normalized spacial score (nSPS) is 13.1. The number of carbonyl (C=O) groups excluding carboxylic acids is 1. The van der Waals surface area contributed by atoms with Crippen LogP contribution in [0.1, 0.15) is 39.3 Å². The van der Waals surface area contributed by atoms with Gasteiger partial charge in [-0.05, 0) is 45.4 Å². The van der Waals surface area contributed by atoms with Gasteiger partial charge >= 0.3 is 6.61 Å². The Morgan fingerprint density at radius 1 is 1.33 bits per heavy atom. The molecule has 1 amide bonds. The van der Waals surface area contributed by atoms with Crippen molar-refractivity contribution in [2.45, 2.75) is 45.9 Å². The van der Waals surface area contributed by atoms with Gasteiger partial charge in [-0.1, -0.05) is 12.1 Å². The van der Waals surface area contributed by atoms with E-state index in [1.165, 1.54) is 12.1 Å². The Kier molecular flexibility index (Phi) is 6.08. The van der Waals surface area contributed by atoms with Crippen LogP contribution in [0.5, 0.6) is 5.75 Å². The predicted octanol–water partition coefficient (Wildman–Crippen LogP) is 2.85. The van der Waals surface area contributed by atoms with Gasteiger partial charge in [0.05, 0.1) is 6.54 Å². The van der Waals surface area contributed by atoms with Gasteiger partial charge in [-0.3, -0.25) is 4.79 Å². The third kappa shape index (κ3) is 7.04. The van der Waals surface area contributed by atoms with E-state index in [2.05, 4.69) is 15.4 Å². The molecule has 1 atom stereocenters. The number of ether oxygens (including phenoxy) is 1. The lowest BCUT2D eigenvalue weighted by Gasteiger charge is -2.22. The lowest BCUT2D eigenvalue weighted by molar-refractivity contribution is -0.121. The summed E-state index contributed by atoms with van der Waals surface area (Å²) >= 11 is 0. The molecule has 1 unspecified atom stereocenters. The number of rotatable bonds is 6. The van der Waals surface area contributed by atoms with Gasteiger partial charge in [0.2, 0.25) is 5.91 Å². The monoisotopic (exact) mass is 300 g/mol. The first-order valence-electron chi connectivity index (χ1n) is 6.76. The van der Waals surface area contributed by atoms with Gasteiger partial charge in [0.15, 0.2) is 0 Å². The van der Waals surface area contributed by atoms with Crippen LogP contribution in [0, 0.1) is 0 Å². The summed E-state index contributed by atoms with van der Waals surface area (Å²) in [5.41, 5.74) is 0.490. The largest absolute Gasteiger partial charge is 0.435 e. The van der Waals surface area contributed by atoms with Crippen molar-refractivity contribution in [3.63, 3.8) is 0 Å². The molecule has 1 aromatic rings. The van der Waals surface area contributed by atoms with Gasteiger partial charge in [-0.2, -0.15) is 8.78 Å². The first-order chi connectivity index (χ1) is 9.67. The topological polar surface area (TPSA) is 50.4 Å². The van der Waals surface area contributed by atoms with Crippen LogP contribution in [0.15, 0.2) is 24.3 Å². The van der Waals surface area contributed by atoms with Gasteiger partial charge in [0, 0.05) is 11.6 Å². The fourth-order valence-electron chi connectivity index (χ4n) is 1.79. The van der Waals surface area contributed by atoms with Crippen LogP contribution in [0.4, 0.5) is 8.78 Å². The predicted molar refractivity (Wildman–Crippen MR) is 77.4 cm³/mol. The Morgan fingerprint density at radius 2 is 2.00 bits per heavy atom. The quantitative estimate of drug-likeness (QED) is 0.849. The highest BCUT2D eigenvalue weighted by Gasteiger charge is 2.15. The van der Waals surface area contributed by atoms with E-state index in [1.54, 1.807) is 12.1 Å². The summed E-state index contributed by atoms with van der Waals surface area (Å²) in [7, 11) is 0. The Balaban J connectivity index is 2.55. The van der Waals surface area contributed by atoms with Gasteiger partial charge < -0.3 is 15.4 Å². The Hall–Kier alpha value is -1.69. The Morgan fingerprint density at radius 3 is 2.57 bits per heavy atom. The number of benzene rings is 1. The number of amides is 1. The highest BCUT2D eigenvalue weighted by atomic mass is 19.3. The van der Waals surface area contributed by atoms with Crippen molar-refractivity contribution in [2.24, 2.45) is 0 Å². The third-order valence-corrected chi connectivity index (χ3v) is 2.67. The Labute approximate surface area is 123 Å². The smallest absolute Gasteiger partial charge is 0.387 e. The fourth-order valence-corrected chi connectivity index (χ4v) is 1.79. The summed E-state index contributed by atoms with van der Waals surface area (Å²) in [5, 5.41) is 5.88. The van der Waals surface area contributed by atoms with Gasteiger partial charge in [-0.25, -0.2) is 0 Å². The molecule has 0 saturated heterocycles. The summed E-state index contributed by atoms with van der Waals surface area (Å²) in [6, 6.07) is 6.27. The molecule has 1 aromatic carbocycles. The van der Waals surface area contributed by atoms with Crippen molar-refractivity contribution in [1.82, 2.24) is 10.6 Å². The molecule has 0 aromatic heterocycles. The van der Waals surface area contributed by atoms with E-state index in [0.29, 0.717) is 0 Å². The molecule has 118 valence electrons. The molecule has 0 heterocycles. The second kappa shape index (κ2) is 7.36. The molecule has 0 aliphatic carbocycles. The molecule has 1 rings (SSSR count). The number of halogens is 2. The van der Waals surface area contributed by atoms with Crippen LogP contribution in [-0.4, -0.2) is 24.6 Å². The standard InChI is InChI=1S/C15H22F2N2O2/c1-10(18-9-13(20)19-15(2,3)4)11-6-5-7-12(8-11)21-14(16)17/h5-8,10,14,18H,9H2,1-4H3,(H,19,20). The second-order valence-electron chi connectivity index (χ2n) is 5.85. The molecular formula is C15H22F2N2O2. The number of hydrogen-bond donors (Lipinski definition) is 2. The van der Waals surface area contributed by atoms with Gasteiger partial charge in [0.1, 0.15) is 5.75 Å². The molecule has 2 N–H and O–H groups in total. The second-order valence-corrected chi connectivity index (χ2v) is 5.85. The average molecular weight is 300 g/mol. The zero-order valence-corrected chi connectivity index (χ0v) is 12.7. The van der Waals surface area contributed by atoms with Gasteiger partial charge in [-0.15, -0.1) is 0 Å². The molecule has 0 aliphatic rings. The molecule has 0 aliphatic heterocycles. The first kappa shape index (κ1) is 17.4. The van der Waals surface area contributed by atoms with E-state index in [-0.39, 0.29) is 29.8 Å². The summed E-state index contributed by atoms with van der Waals surface area (Å²) in [6.07, 6.45) is 0. The van der Waals surface area contributed by atoms with E-state index in [4.69, 9.17) is 0 Å². The van der Waals surface area contributed by atoms with E-state index >= 15 is 0 Å². The minimum Gasteiger partial charge on any atom is -0.435 e. The maximum absolute atomic E-state index is 12.2. The summed E-state index contributed by atoms with van der Waals surface area (Å²) in [6.45, 7) is 4.86. The maximum atomic E-state index is 12.2. The number of carbonyl (C=O) groups is 1. The van der Waals surface area contributed by atoms with Crippen molar-refractivity contribution >= 4 is 5.91 Å². The number of nitrogens with one attached hydrogen (secondary N) is 2. The average Bonchev–Trinajstić information content (AvgIpc) is 2.33. The molecule has 0 radical (unpaired) electrons. The summed E-state index contributed by atoms with van der Waals surface area (Å²) in [5.74, 6) is -0.00960. The van der Waals surface area contributed by atoms with Crippen LogP contribution in [0.2, 0.25) is 0 Å². The SMILES string of the molecule is CC(NCC(=O)NC(C)(C)C)c1cccc(OC(F)F)c1. The van der Waals surface area contributed by atoms with E-state index in [0.717, 1.165) is 5.56 Å². The van der Waals surface area contributed by atoms with E-state index in [9.17, 15) is 13.6 Å². The van der Waals surface area contributed by atoms with Crippen molar-refractivity contribution in [3.05, 3.63) is 29.8 Å². The maximum Gasteiger partial charge on any atom is 0.387 e. The molecule has 21 heavy (non-hydrogen) atoms. The zero-order valence-electron chi connectivity index (χ0n) is 12.7. The van der Waals surface area contributed by atoms with Crippen LogP contribution in [-0.2, 0) is 4.79 Å². The summed E-state index contributed by atoms with van der Waals surface area (Å²) in [4.78, 5) is 11.7. The van der Waals surface area contributed by atoms with Gasteiger partial charge in [0.25, 0.3) is 0 Å². The van der Waals surface area contributed by atoms with Crippen LogP contribution < -0.4 is 15.4 Å². The molecule has 0 saturated carbocycles. The zero-order chi connectivity index (χ0) is 16.0. The van der Waals surface area contributed by atoms with Crippen molar-refractivity contribution in [3.8, 4) is 5.75 Å². The molecule has 0 bridgehead atoms. The lowest BCUT2D eigenvalue weighted by atomic mass is 10.1. The molecule has 4 nitrogen and oxygen atoms in total. The highest BCUT2D eigenvalue weighted by Crippen LogP contribution is 2.20. The molecule has 6 heteroatoms. The van der Waals surface area contributed by atoms with Crippen LogP contribution in [0.25, 0.3) is 0 Å². The minimum absolute atomic E-state index is 0.107.